The molecule has 28 heavy (non-hydrogen) atoms. The van der Waals surface area contributed by atoms with E-state index in [1.165, 1.54) is 0 Å². The van der Waals surface area contributed by atoms with Gasteiger partial charge < -0.3 is 0 Å². The van der Waals surface area contributed by atoms with E-state index < -0.39 is 44.5 Å². The lowest BCUT2D eigenvalue weighted by atomic mass is 9.95. The summed E-state index contributed by atoms with van der Waals surface area (Å²) >= 11 is 11.9. The van der Waals surface area contributed by atoms with Crippen LogP contribution < -0.4 is 5.43 Å². The summed E-state index contributed by atoms with van der Waals surface area (Å²) in [6.07, 6.45) is 0. The summed E-state index contributed by atoms with van der Waals surface area (Å²) in [6, 6.07) is 8.24. The van der Waals surface area contributed by atoms with Gasteiger partial charge in [-0.15, -0.1) is 11.6 Å². The highest BCUT2D eigenvalue weighted by molar-refractivity contribution is 6.33. The van der Waals surface area contributed by atoms with E-state index >= 15 is 0 Å². The molecule has 2 amide bonds. The molecule has 1 fully saturated rings. The molecule has 1 saturated heterocycles. The van der Waals surface area contributed by atoms with Gasteiger partial charge in [-0.1, -0.05) is 23.7 Å². The molecule has 0 aromatic heterocycles. The lowest BCUT2D eigenvalue weighted by Gasteiger charge is -2.43. The number of rotatable bonds is 5. The first-order valence-corrected chi connectivity index (χ1v) is 8.48. The first-order valence-electron chi connectivity index (χ1n) is 7.66. The Morgan fingerprint density at radius 1 is 1.04 bits per heavy atom. The summed E-state index contributed by atoms with van der Waals surface area (Å²) in [6.45, 7) is 0. The SMILES string of the molecule is O=C(NN1C(=O)C(Cl)C1c1ccc(Cl)cc1)c1cc([N+](=O)[O-])cc([N+](=O)[O-])c1. The number of benzene rings is 2. The molecule has 1 aliphatic heterocycles. The molecule has 0 saturated carbocycles. The molecule has 0 bridgehead atoms. The number of nitro groups is 2. The number of halogens is 2. The van der Waals surface area contributed by atoms with Crippen molar-refractivity contribution in [1.82, 2.24) is 10.4 Å². The van der Waals surface area contributed by atoms with Crippen LogP contribution >= 0.6 is 23.2 Å². The summed E-state index contributed by atoms with van der Waals surface area (Å²) in [4.78, 5) is 44.7. The zero-order chi connectivity index (χ0) is 20.6. The third kappa shape index (κ3) is 3.59. The second-order valence-corrected chi connectivity index (χ2v) is 6.71. The van der Waals surface area contributed by atoms with E-state index in [9.17, 15) is 29.8 Å². The Morgan fingerprint density at radius 3 is 2.07 bits per heavy atom. The van der Waals surface area contributed by atoms with Crippen LogP contribution in [-0.2, 0) is 4.79 Å². The van der Waals surface area contributed by atoms with Crippen molar-refractivity contribution in [3.8, 4) is 0 Å². The van der Waals surface area contributed by atoms with E-state index in [-0.39, 0.29) is 5.56 Å². The fourth-order valence-corrected chi connectivity index (χ4v) is 3.16. The van der Waals surface area contributed by atoms with Crippen molar-refractivity contribution in [3.05, 3.63) is 78.8 Å². The molecule has 0 radical (unpaired) electrons. The first kappa shape index (κ1) is 19.5. The number of non-ortho nitro benzene ring substituents is 2. The maximum atomic E-state index is 12.5. The predicted molar refractivity (Wildman–Crippen MR) is 97.9 cm³/mol. The number of alkyl halides is 1. The summed E-state index contributed by atoms with van der Waals surface area (Å²) in [5.41, 5.74) is 1.30. The van der Waals surface area contributed by atoms with E-state index in [2.05, 4.69) is 5.43 Å². The summed E-state index contributed by atoms with van der Waals surface area (Å²) < 4.78 is 0. The van der Waals surface area contributed by atoms with Gasteiger partial charge in [0.2, 0.25) is 0 Å². The molecule has 12 heteroatoms. The molecular formula is C16H10Cl2N4O6. The van der Waals surface area contributed by atoms with E-state index in [0.29, 0.717) is 10.6 Å². The van der Waals surface area contributed by atoms with E-state index in [1.807, 2.05) is 0 Å². The average molecular weight is 425 g/mol. The smallest absolute Gasteiger partial charge is 0.271 e. The molecule has 144 valence electrons. The monoisotopic (exact) mass is 424 g/mol. The number of nitrogens with zero attached hydrogens (tertiary/aromatic N) is 3. The lowest BCUT2D eigenvalue weighted by Crippen LogP contribution is -2.63. The van der Waals surface area contributed by atoms with E-state index in [0.717, 1.165) is 23.2 Å². The molecule has 1 aliphatic rings. The van der Waals surface area contributed by atoms with E-state index in [4.69, 9.17) is 23.2 Å². The van der Waals surface area contributed by atoms with Gasteiger partial charge in [0.25, 0.3) is 23.2 Å². The zero-order valence-electron chi connectivity index (χ0n) is 13.7. The standard InChI is InChI=1S/C16H10Cl2N4O6/c17-10-3-1-8(2-4-10)14-13(18)16(24)20(14)19-15(23)9-5-11(21(25)26)7-12(6-9)22(27)28/h1-7,13-14H,(H,19,23). The number of hydrogen-bond acceptors (Lipinski definition) is 6. The second kappa shape index (κ2) is 7.41. The van der Waals surface area contributed by atoms with Crippen LogP contribution in [0.3, 0.4) is 0 Å². The Morgan fingerprint density at radius 2 is 1.57 bits per heavy atom. The lowest BCUT2D eigenvalue weighted by molar-refractivity contribution is -0.394. The molecular weight excluding hydrogens is 415 g/mol. The van der Waals surface area contributed by atoms with Gasteiger partial charge in [-0.3, -0.25) is 35.2 Å². The average Bonchev–Trinajstić information content (AvgIpc) is 2.68. The van der Waals surface area contributed by atoms with Crippen molar-refractivity contribution >= 4 is 46.4 Å². The van der Waals surface area contributed by atoms with Crippen molar-refractivity contribution < 1.29 is 19.4 Å². The largest absolute Gasteiger partial charge is 0.277 e. The van der Waals surface area contributed by atoms with Gasteiger partial charge in [0.1, 0.15) is 11.4 Å². The molecule has 2 aromatic rings. The quantitative estimate of drug-likeness (QED) is 0.339. The zero-order valence-corrected chi connectivity index (χ0v) is 15.3. The Labute approximate surface area is 166 Å². The predicted octanol–water partition coefficient (Wildman–Crippen LogP) is 2.99. The van der Waals surface area contributed by atoms with Crippen molar-refractivity contribution in [1.29, 1.82) is 0 Å². The Hall–Kier alpha value is -3.24. The van der Waals surface area contributed by atoms with Crippen molar-refractivity contribution in [2.24, 2.45) is 0 Å². The van der Waals surface area contributed by atoms with Gasteiger partial charge in [-0.05, 0) is 17.7 Å². The molecule has 2 unspecified atom stereocenters. The summed E-state index contributed by atoms with van der Waals surface area (Å²) in [5, 5.41) is 22.4. The highest BCUT2D eigenvalue weighted by atomic mass is 35.5. The van der Waals surface area contributed by atoms with Crippen LogP contribution in [0.25, 0.3) is 0 Å². The Bertz CT molecular complexity index is 965. The van der Waals surface area contributed by atoms with Gasteiger partial charge >= 0.3 is 0 Å². The summed E-state index contributed by atoms with van der Waals surface area (Å²) in [7, 11) is 0. The molecule has 2 aromatic carbocycles. The summed E-state index contributed by atoms with van der Waals surface area (Å²) in [5.74, 6) is -1.52. The Kier molecular flexibility index (Phi) is 5.16. The number of carbonyl (C=O) groups excluding carboxylic acids is 2. The van der Waals surface area contributed by atoms with Crippen molar-refractivity contribution in [2.75, 3.05) is 0 Å². The first-order chi connectivity index (χ1) is 13.2. The molecule has 3 rings (SSSR count). The van der Waals surface area contributed by atoms with Gasteiger partial charge in [0, 0.05) is 17.2 Å². The fraction of sp³-hybridized carbons (Fsp3) is 0.125. The van der Waals surface area contributed by atoms with Crippen molar-refractivity contribution in [3.63, 3.8) is 0 Å². The molecule has 10 nitrogen and oxygen atoms in total. The molecule has 1 heterocycles. The van der Waals surface area contributed by atoms with Gasteiger partial charge in [0.15, 0.2) is 0 Å². The number of hydrogen-bond donors (Lipinski definition) is 1. The Balaban J connectivity index is 1.87. The molecule has 0 aliphatic carbocycles. The van der Waals surface area contributed by atoms with Crippen LogP contribution in [0.5, 0.6) is 0 Å². The van der Waals surface area contributed by atoms with Crippen molar-refractivity contribution in [2.45, 2.75) is 11.4 Å². The minimum Gasteiger partial charge on any atom is -0.271 e. The highest BCUT2D eigenvalue weighted by Gasteiger charge is 2.48. The van der Waals surface area contributed by atoms with Gasteiger partial charge in [-0.25, -0.2) is 5.01 Å². The van der Waals surface area contributed by atoms with Crippen LogP contribution in [0.4, 0.5) is 11.4 Å². The molecule has 1 N–H and O–H groups in total. The maximum Gasteiger partial charge on any atom is 0.277 e. The van der Waals surface area contributed by atoms with Gasteiger partial charge in [0.05, 0.1) is 21.5 Å². The third-order valence-electron chi connectivity index (χ3n) is 4.05. The van der Waals surface area contributed by atoms with Gasteiger partial charge in [-0.2, -0.15) is 0 Å². The minimum atomic E-state index is -0.930. The second-order valence-electron chi connectivity index (χ2n) is 5.80. The third-order valence-corrected chi connectivity index (χ3v) is 4.73. The molecule has 0 spiro atoms. The number of hydrazine groups is 1. The van der Waals surface area contributed by atoms with Crippen LogP contribution in [0, 0.1) is 20.2 Å². The number of carbonyl (C=O) groups is 2. The minimum absolute atomic E-state index is 0.346. The highest BCUT2D eigenvalue weighted by Crippen LogP contribution is 2.37. The van der Waals surface area contributed by atoms with Crippen LogP contribution in [0.15, 0.2) is 42.5 Å². The van der Waals surface area contributed by atoms with Crippen LogP contribution in [0.2, 0.25) is 5.02 Å². The number of nitro benzene ring substituents is 2. The number of nitrogens with one attached hydrogen (secondary N) is 1. The fourth-order valence-electron chi connectivity index (χ4n) is 2.67. The molecule has 2 atom stereocenters. The normalized spacial score (nSPS) is 18.4. The maximum absolute atomic E-state index is 12.5. The van der Waals surface area contributed by atoms with Crippen LogP contribution in [0.1, 0.15) is 22.0 Å². The number of amides is 2. The topological polar surface area (TPSA) is 136 Å². The van der Waals surface area contributed by atoms with E-state index in [1.54, 1.807) is 24.3 Å². The van der Waals surface area contributed by atoms with Crippen LogP contribution in [-0.4, -0.2) is 32.0 Å². The number of β-lactam (4-membered cyclic amide) rings is 1.